The molecular formula is C11H18BrNO5. The Balaban J connectivity index is 2.75. The van der Waals surface area contributed by atoms with Gasteiger partial charge in [-0.15, -0.1) is 0 Å². The van der Waals surface area contributed by atoms with Gasteiger partial charge in [-0.2, -0.15) is 0 Å². The first kappa shape index (κ1) is 15.4. The van der Waals surface area contributed by atoms with Gasteiger partial charge in [-0.25, -0.2) is 0 Å². The van der Waals surface area contributed by atoms with Crippen LogP contribution in [0.15, 0.2) is 0 Å². The van der Waals surface area contributed by atoms with Gasteiger partial charge in [0.05, 0.1) is 6.04 Å². The van der Waals surface area contributed by atoms with Gasteiger partial charge in [0.1, 0.15) is 23.8 Å². The van der Waals surface area contributed by atoms with Crippen LogP contribution in [0.3, 0.4) is 0 Å². The Kier molecular flexibility index (Phi) is 5.55. The summed E-state index contributed by atoms with van der Waals surface area (Å²) < 4.78 is 15.7. The number of carbonyl (C=O) groups excluding carboxylic acids is 2. The zero-order valence-electron chi connectivity index (χ0n) is 10.6. The van der Waals surface area contributed by atoms with Gasteiger partial charge in [0.2, 0.25) is 0 Å². The number of alkyl halides is 1. The van der Waals surface area contributed by atoms with Crippen molar-refractivity contribution in [1.29, 1.82) is 0 Å². The van der Waals surface area contributed by atoms with Gasteiger partial charge in [-0.3, -0.25) is 9.59 Å². The van der Waals surface area contributed by atoms with Crippen LogP contribution in [0.25, 0.3) is 0 Å². The highest BCUT2D eigenvalue weighted by atomic mass is 79.9. The van der Waals surface area contributed by atoms with Crippen LogP contribution in [0, 0.1) is 5.92 Å². The molecule has 1 fully saturated rings. The molecule has 7 heteroatoms. The largest absolute Gasteiger partial charge is 0.463 e. The molecule has 0 amide bonds. The first-order valence-corrected chi connectivity index (χ1v) is 6.60. The number of halogens is 1. The molecule has 104 valence electrons. The second kappa shape index (κ2) is 6.49. The first-order valence-electron chi connectivity index (χ1n) is 5.68. The Morgan fingerprint density at radius 2 is 1.94 bits per heavy atom. The Morgan fingerprint density at radius 1 is 1.33 bits per heavy atom. The molecule has 1 rings (SSSR count). The minimum absolute atomic E-state index is 0.00972. The smallest absolute Gasteiger partial charge is 0.303 e. The van der Waals surface area contributed by atoms with Crippen molar-refractivity contribution in [1.82, 2.24) is 0 Å². The van der Waals surface area contributed by atoms with Gasteiger partial charge < -0.3 is 19.9 Å². The van der Waals surface area contributed by atoms with E-state index in [1.807, 2.05) is 6.92 Å². The van der Waals surface area contributed by atoms with Gasteiger partial charge in [0, 0.05) is 19.8 Å². The predicted molar refractivity (Wildman–Crippen MR) is 66.9 cm³/mol. The van der Waals surface area contributed by atoms with Gasteiger partial charge in [-0.05, 0) is 0 Å². The van der Waals surface area contributed by atoms with E-state index in [0.717, 1.165) is 0 Å². The van der Waals surface area contributed by atoms with Crippen molar-refractivity contribution in [2.75, 3.05) is 6.61 Å². The van der Waals surface area contributed by atoms with E-state index in [2.05, 4.69) is 15.9 Å². The Bertz CT molecular complexity index is 325. The van der Waals surface area contributed by atoms with E-state index in [9.17, 15) is 9.59 Å². The fourth-order valence-corrected chi connectivity index (χ4v) is 2.40. The van der Waals surface area contributed by atoms with E-state index in [-0.39, 0.29) is 23.6 Å². The molecule has 0 bridgehead atoms. The third kappa shape index (κ3) is 3.93. The van der Waals surface area contributed by atoms with Crippen molar-refractivity contribution in [3.8, 4) is 0 Å². The van der Waals surface area contributed by atoms with Crippen LogP contribution >= 0.6 is 15.9 Å². The molecule has 0 radical (unpaired) electrons. The Labute approximate surface area is 114 Å². The van der Waals surface area contributed by atoms with Crippen LogP contribution < -0.4 is 5.73 Å². The average Bonchev–Trinajstić information content (AvgIpc) is 2.27. The molecule has 1 aliphatic rings. The molecule has 0 spiro atoms. The lowest BCUT2D eigenvalue weighted by Gasteiger charge is -2.41. The number of hydrogen-bond acceptors (Lipinski definition) is 6. The predicted octanol–water partition coefficient (Wildman–Crippen LogP) is 0.564. The Hall–Kier alpha value is -0.660. The number of nitrogens with two attached hydrogens (primary N) is 1. The number of esters is 2. The summed E-state index contributed by atoms with van der Waals surface area (Å²) in [6.45, 7) is 4.51. The summed E-state index contributed by atoms with van der Waals surface area (Å²) in [5.41, 5.74) is 6.03. The number of ether oxygens (including phenoxy) is 3. The van der Waals surface area contributed by atoms with E-state index >= 15 is 0 Å². The van der Waals surface area contributed by atoms with Crippen LogP contribution in [0.4, 0.5) is 0 Å². The molecular weight excluding hydrogens is 306 g/mol. The maximum Gasteiger partial charge on any atom is 0.303 e. The molecule has 18 heavy (non-hydrogen) atoms. The first-order chi connectivity index (χ1) is 8.32. The summed E-state index contributed by atoms with van der Waals surface area (Å²) in [5.74, 6) is -0.881. The van der Waals surface area contributed by atoms with Crippen LogP contribution in [-0.2, 0) is 23.8 Å². The highest BCUT2D eigenvalue weighted by molar-refractivity contribution is 9.09. The molecule has 6 nitrogen and oxygen atoms in total. The lowest BCUT2D eigenvalue weighted by Crippen LogP contribution is -2.58. The molecule has 1 heterocycles. The van der Waals surface area contributed by atoms with Crippen molar-refractivity contribution in [3.05, 3.63) is 0 Å². The zero-order valence-corrected chi connectivity index (χ0v) is 12.2. The Morgan fingerprint density at radius 3 is 2.44 bits per heavy atom. The number of rotatable bonds is 3. The van der Waals surface area contributed by atoms with Crippen LogP contribution in [0.2, 0.25) is 0 Å². The molecule has 1 aliphatic heterocycles. The fourth-order valence-electron chi connectivity index (χ4n) is 1.77. The fraction of sp³-hybridized carbons (Fsp3) is 0.818. The van der Waals surface area contributed by atoms with Crippen molar-refractivity contribution in [3.63, 3.8) is 0 Å². The van der Waals surface area contributed by atoms with Gasteiger partial charge in [-0.1, -0.05) is 22.9 Å². The minimum Gasteiger partial charge on any atom is -0.463 e. The maximum atomic E-state index is 11.1. The summed E-state index contributed by atoms with van der Waals surface area (Å²) in [5, 5.41) is -0.264. The van der Waals surface area contributed by atoms with E-state index in [4.69, 9.17) is 19.9 Å². The summed E-state index contributed by atoms with van der Waals surface area (Å²) >= 11 is 3.35. The van der Waals surface area contributed by atoms with Gasteiger partial charge in [0.15, 0.2) is 0 Å². The van der Waals surface area contributed by atoms with E-state index in [1.165, 1.54) is 13.8 Å². The summed E-state index contributed by atoms with van der Waals surface area (Å²) in [6.07, 6.45) is -1.18. The number of carbonyl (C=O) groups is 2. The van der Waals surface area contributed by atoms with Crippen molar-refractivity contribution in [2.24, 2.45) is 11.7 Å². The second-order valence-corrected chi connectivity index (χ2v) is 5.24. The minimum atomic E-state index is -0.620. The van der Waals surface area contributed by atoms with Crippen LogP contribution in [0.5, 0.6) is 0 Å². The zero-order chi connectivity index (χ0) is 13.9. The molecule has 0 aromatic carbocycles. The lowest BCUT2D eigenvalue weighted by molar-refractivity contribution is -0.182. The quantitative estimate of drug-likeness (QED) is 0.603. The second-order valence-electron chi connectivity index (χ2n) is 4.34. The molecule has 1 saturated heterocycles. The third-order valence-corrected chi connectivity index (χ3v) is 3.87. The molecule has 0 saturated carbocycles. The van der Waals surface area contributed by atoms with E-state index in [1.54, 1.807) is 0 Å². The molecule has 5 atom stereocenters. The third-order valence-electron chi connectivity index (χ3n) is 2.82. The molecule has 0 aliphatic carbocycles. The standard InChI is InChI=1S/C11H18BrNO5/c1-5-9(13)10(17-7(3)15)8(18-11(5)12)4-16-6(2)14/h5,8-11H,4,13H2,1-3H3. The van der Waals surface area contributed by atoms with E-state index < -0.39 is 24.1 Å². The SMILES string of the molecule is CC(=O)OCC1OC(Br)C(C)C(N)C1OC(C)=O. The van der Waals surface area contributed by atoms with Crippen molar-refractivity contribution in [2.45, 2.75) is 44.0 Å². The van der Waals surface area contributed by atoms with Crippen LogP contribution in [-0.4, -0.2) is 41.8 Å². The van der Waals surface area contributed by atoms with E-state index in [0.29, 0.717) is 0 Å². The summed E-state index contributed by atoms with van der Waals surface area (Å²) in [6, 6.07) is -0.382. The average molecular weight is 324 g/mol. The molecule has 0 aromatic rings. The molecule has 5 unspecified atom stereocenters. The van der Waals surface area contributed by atoms with Crippen molar-refractivity contribution < 1.29 is 23.8 Å². The molecule has 0 aromatic heterocycles. The monoisotopic (exact) mass is 323 g/mol. The van der Waals surface area contributed by atoms with Crippen LogP contribution in [0.1, 0.15) is 20.8 Å². The lowest BCUT2D eigenvalue weighted by atomic mass is 9.92. The number of hydrogen-bond donors (Lipinski definition) is 1. The van der Waals surface area contributed by atoms with Gasteiger partial charge >= 0.3 is 11.9 Å². The summed E-state index contributed by atoms with van der Waals surface area (Å²) in [4.78, 5) is 21.9. The normalized spacial score (nSPS) is 35.9. The van der Waals surface area contributed by atoms with Crippen molar-refractivity contribution >= 4 is 27.9 Å². The highest BCUT2D eigenvalue weighted by Crippen LogP contribution is 2.30. The highest BCUT2D eigenvalue weighted by Gasteiger charge is 2.43. The van der Waals surface area contributed by atoms with Gasteiger partial charge in [0.25, 0.3) is 0 Å². The molecule has 2 N–H and O–H groups in total. The summed E-state index contributed by atoms with van der Waals surface area (Å²) in [7, 11) is 0. The topological polar surface area (TPSA) is 87.8 Å². The maximum absolute atomic E-state index is 11.1.